The number of likely N-dealkylation sites (tertiary alicyclic amines) is 1. The van der Waals surface area contributed by atoms with E-state index >= 15 is 0 Å². The molecule has 0 saturated carbocycles. The number of rotatable bonds is 5. The van der Waals surface area contributed by atoms with Gasteiger partial charge in [-0.25, -0.2) is 4.79 Å². The van der Waals surface area contributed by atoms with Crippen LogP contribution < -0.4 is 10.6 Å². The number of nitrogens with one attached hydrogen (secondary N) is 2. The number of carbonyl (C=O) groups is 3. The molecule has 7 nitrogen and oxygen atoms in total. The monoisotopic (exact) mass is 333 g/mol. The molecule has 1 atom stereocenters. The van der Waals surface area contributed by atoms with E-state index in [-0.39, 0.29) is 18.5 Å². The fraction of sp³-hybridized carbons (Fsp3) is 0.471. The summed E-state index contributed by atoms with van der Waals surface area (Å²) in [6, 6.07) is 7.01. The second kappa shape index (κ2) is 8.33. The number of benzene rings is 1. The summed E-state index contributed by atoms with van der Waals surface area (Å²) in [5.74, 6) is -1.47. The summed E-state index contributed by atoms with van der Waals surface area (Å²) in [4.78, 5) is 36.3. The molecule has 0 bridgehead atoms. The SMILES string of the molecule is CNC(=O)c1cccc(CCNC(=O)N2CCCC(C(=O)O)C2)c1. The van der Waals surface area contributed by atoms with Crippen molar-refractivity contribution < 1.29 is 19.5 Å². The first kappa shape index (κ1) is 17.8. The van der Waals surface area contributed by atoms with Gasteiger partial charge in [0.2, 0.25) is 0 Å². The zero-order chi connectivity index (χ0) is 17.5. The number of carbonyl (C=O) groups excluding carboxylic acids is 2. The molecule has 0 aromatic heterocycles. The Morgan fingerprint density at radius 1 is 1.33 bits per heavy atom. The van der Waals surface area contributed by atoms with Crippen LogP contribution in [0.25, 0.3) is 0 Å². The smallest absolute Gasteiger partial charge is 0.317 e. The molecule has 1 aliphatic rings. The highest BCUT2D eigenvalue weighted by molar-refractivity contribution is 5.94. The van der Waals surface area contributed by atoms with Crippen LogP contribution in [0.3, 0.4) is 0 Å². The Hall–Kier alpha value is -2.57. The predicted octanol–water partition coefficient (Wildman–Crippen LogP) is 1.09. The van der Waals surface area contributed by atoms with Crippen LogP contribution in [0.2, 0.25) is 0 Å². The van der Waals surface area contributed by atoms with Crippen LogP contribution in [0.5, 0.6) is 0 Å². The molecule has 130 valence electrons. The summed E-state index contributed by atoms with van der Waals surface area (Å²) >= 11 is 0. The first-order valence-electron chi connectivity index (χ1n) is 8.08. The highest BCUT2D eigenvalue weighted by atomic mass is 16.4. The van der Waals surface area contributed by atoms with E-state index in [2.05, 4.69) is 10.6 Å². The van der Waals surface area contributed by atoms with Crippen LogP contribution >= 0.6 is 0 Å². The van der Waals surface area contributed by atoms with Crippen molar-refractivity contribution in [3.63, 3.8) is 0 Å². The highest BCUT2D eigenvalue weighted by Gasteiger charge is 2.27. The number of aliphatic carboxylic acids is 1. The number of piperidine rings is 1. The largest absolute Gasteiger partial charge is 0.481 e. The number of urea groups is 1. The molecule has 1 unspecified atom stereocenters. The van der Waals surface area contributed by atoms with Gasteiger partial charge >= 0.3 is 12.0 Å². The third kappa shape index (κ3) is 4.71. The van der Waals surface area contributed by atoms with Gasteiger partial charge in [-0.05, 0) is 37.0 Å². The maximum atomic E-state index is 12.1. The number of hydrogen-bond acceptors (Lipinski definition) is 3. The van der Waals surface area contributed by atoms with Crippen molar-refractivity contribution in [1.29, 1.82) is 0 Å². The van der Waals surface area contributed by atoms with E-state index in [1.807, 2.05) is 12.1 Å². The predicted molar refractivity (Wildman–Crippen MR) is 88.9 cm³/mol. The molecule has 1 aromatic rings. The van der Waals surface area contributed by atoms with E-state index in [0.717, 1.165) is 5.56 Å². The Balaban J connectivity index is 1.82. The maximum absolute atomic E-state index is 12.1. The van der Waals surface area contributed by atoms with Gasteiger partial charge in [-0.2, -0.15) is 0 Å². The molecule has 2 rings (SSSR count). The summed E-state index contributed by atoms with van der Waals surface area (Å²) < 4.78 is 0. The van der Waals surface area contributed by atoms with Crippen molar-refractivity contribution in [2.24, 2.45) is 5.92 Å². The molecule has 24 heavy (non-hydrogen) atoms. The molecule has 0 aliphatic carbocycles. The van der Waals surface area contributed by atoms with Gasteiger partial charge in [0.05, 0.1) is 5.92 Å². The summed E-state index contributed by atoms with van der Waals surface area (Å²) in [5, 5.41) is 14.5. The molecule has 1 saturated heterocycles. The van der Waals surface area contributed by atoms with Crippen molar-refractivity contribution in [3.05, 3.63) is 35.4 Å². The number of nitrogens with zero attached hydrogens (tertiary/aromatic N) is 1. The number of carboxylic acid groups (broad SMARTS) is 1. The van der Waals surface area contributed by atoms with Gasteiger partial charge in [-0.3, -0.25) is 9.59 Å². The molecule has 3 N–H and O–H groups in total. The molecule has 1 heterocycles. The maximum Gasteiger partial charge on any atom is 0.317 e. The van der Waals surface area contributed by atoms with E-state index in [0.29, 0.717) is 37.9 Å². The number of amides is 3. The lowest BCUT2D eigenvalue weighted by atomic mass is 9.99. The summed E-state index contributed by atoms with van der Waals surface area (Å²) in [6.45, 7) is 1.28. The Labute approximate surface area is 141 Å². The minimum atomic E-state index is -0.849. The van der Waals surface area contributed by atoms with Crippen molar-refractivity contribution >= 4 is 17.9 Å². The molecule has 3 amide bonds. The minimum absolute atomic E-state index is 0.145. The Kier molecular flexibility index (Phi) is 6.17. The lowest BCUT2D eigenvalue weighted by Gasteiger charge is -2.30. The summed E-state index contributed by atoms with van der Waals surface area (Å²) in [6.07, 6.45) is 1.93. The van der Waals surface area contributed by atoms with Gasteiger partial charge in [0.15, 0.2) is 0 Å². The quantitative estimate of drug-likeness (QED) is 0.751. The molecule has 1 fully saturated rings. The van der Waals surface area contributed by atoms with Crippen molar-refractivity contribution in [3.8, 4) is 0 Å². The third-order valence-corrected chi connectivity index (χ3v) is 4.16. The standard InChI is InChI=1S/C17H23N3O4/c1-18-15(21)13-5-2-4-12(10-13)7-8-19-17(24)20-9-3-6-14(11-20)16(22)23/h2,4-5,10,14H,3,6-9,11H2,1H3,(H,18,21)(H,19,24)(H,22,23). The fourth-order valence-corrected chi connectivity index (χ4v) is 2.80. The van der Waals surface area contributed by atoms with E-state index in [1.165, 1.54) is 0 Å². The lowest BCUT2D eigenvalue weighted by Crippen LogP contribution is -2.47. The Morgan fingerprint density at radius 3 is 2.83 bits per heavy atom. The van der Waals surface area contributed by atoms with Crippen molar-refractivity contribution in [2.45, 2.75) is 19.3 Å². The summed E-state index contributed by atoms with van der Waals surface area (Å²) in [7, 11) is 1.58. The topological polar surface area (TPSA) is 98.7 Å². The van der Waals surface area contributed by atoms with Crippen molar-refractivity contribution in [2.75, 3.05) is 26.7 Å². The van der Waals surface area contributed by atoms with E-state index in [1.54, 1.807) is 24.1 Å². The molecule has 7 heteroatoms. The van der Waals surface area contributed by atoms with Gasteiger partial charge in [0.25, 0.3) is 5.91 Å². The number of carboxylic acids is 1. The molecule has 0 radical (unpaired) electrons. The fourth-order valence-electron chi connectivity index (χ4n) is 2.80. The Morgan fingerprint density at radius 2 is 2.12 bits per heavy atom. The lowest BCUT2D eigenvalue weighted by molar-refractivity contribution is -0.143. The van der Waals surface area contributed by atoms with Crippen LogP contribution in [-0.4, -0.2) is 54.6 Å². The molecular weight excluding hydrogens is 310 g/mol. The zero-order valence-corrected chi connectivity index (χ0v) is 13.7. The van der Waals surface area contributed by atoms with E-state index in [9.17, 15) is 14.4 Å². The van der Waals surface area contributed by atoms with Gasteiger partial charge < -0.3 is 20.6 Å². The van der Waals surface area contributed by atoms with Gasteiger partial charge in [0.1, 0.15) is 0 Å². The van der Waals surface area contributed by atoms with Crippen LogP contribution in [-0.2, 0) is 11.2 Å². The van der Waals surface area contributed by atoms with Gasteiger partial charge in [0, 0.05) is 32.2 Å². The van der Waals surface area contributed by atoms with Crippen LogP contribution in [0, 0.1) is 5.92 Å². The average Bonchev–Trinajstić information content (AvgIpc) is 2.61. The van der Waals surface area contributed by atoms with E-state index < -0.39 is 11.9 Å². The highest BCUT2D eigenvalue weighted by Crippen LogP contribution is 2.16. The summed E-state index contributed by atoms with van der Waals surface area (Å²) in [5.41, 5.74) is 1.54. The minimum Gasteiger partial charge on any atom is -0.481 e. The van der Waals surface area contributed by atoms with Crippen LogP contribution in [0.1, 0.15) is 28.8 Å². The van der Waals surface area contributed by atoms with Gasteiger partial charge in [-0.15, -0.1) is 0 Å². The second-order valence-electron chi connectivity index (χ2n) is 5.88. The zero-order valence-electron chi connectivity index (χ0n) is 13.7. The normalized spacial score (nSPS) is 17.2. The van der Waals surface area contributed by atoms with Crippen LogP contribution in [0.4, 0.5) is 4.79 Å². The first-order chi connectivity index (χ1) is 11.5. The van der Waals surface area contributed by atoms with Crippen molar-refractivity contribution in [1.82, 2.24) is 15.5 Å². The molecule has 0 spiro atoms. The van der Waals surface area contributed by atoms with Crippen LogP contribution in [0.15, 0.2) is 24.3 Å². The number of hydrogen-bond donors (Lipinski definition) is 3. The average molecular weight is 333 g/mol. The Bertz CT molecular complexity index is 618. The molecule has 1 aliphatic heterocycles. The molecule has 1 aromatic carbocycles. The second-order valence-corrected chi connectivity index (χ2v) is 5.88. The van der Waals surface area contributed by atoms with E-state index in [4.69, 9.17) is 5.11 Å². The third-order valence-electron chi connectivity index (χ3n) is 4.16. The van der Waals surface area contributed by atoms with Gasteiger partial charge in [-0.1, -0.05) is 12.1 Å². The first-order valence-corrected chi connectivity index (χ1v) is 8.08. The molecular formula is C17H23N3O4.